The highest BCUT2D eigenvalue weighted by Gasteiger charge is 2.11. The number of methoxy groups -OCH3 is 1. The summed E-state index contributed by atoms with van der Waals surface area (Å²) in [6, 6.07) is 6.69. The number of primary amides is 1. The van der Waals surface area contributed by atoms with E-state index in [1.807, 2.05) is 34.5 Å². The Morgan fingerprint density at radius 2 is 2.05 bits per heavy atom. The van der Waals surface area contributed by atoms with Gasteiger partial charge in [-0.05, 0) is 17.7 Å². The van der Waals surface area contributed by atoms with Crippen LogP contribution in [0.15, 0.2) is 36.9 Å². The van der Waals surface area contributed by atoms with Gasteiger partial charge in [-0.15, -0.1) is 6.58 Å². The number of nitrogens with one attached hydrogen (secondary N) is 1. The summed E-state index contributed by atoms with van der Waals surface area (Å²) in [5.74, 6) is 0.336. The molecule has 0 atom stereocenters. The zero-order chi connectivity index (χ0) is 15.0. The molecular weight excluding hydrogens is 258 g/mol. The van der Waals surface area contributed by atoms with Crippen molar-refractivity contribution in [2.24, 2.45) is 5.73 Å². The Balaban J connectivity index is 2.63. The fraction of sp³-hybridized carbons (Fsp3) is 0.286. The van der Waals surface area contributed by atoms with Gasteiger partial charge >= 0.3 is 6.03 Å². The van der Waals surface area contributed by atoms with Crippen LogP contribution in [0.5, 0.6) is 5.75 Å². The molecule has 0 unspecified atom stereocenters. The molecule has 1 aromatic carbocycles. The molecule has 108 valence electrons. The van der Waals surface area contributed by atoms with E-state index in [9.17, 15) is 9.59 Å². The zero-order valence-electron chi connectivity index (χ0n) is 11.5. The maximum Gasteiger partial charge on any atom is 0.318 e. The molecule has 3 amide bonds. The summed E-state index contributed by atoms with van der Waals surface area (Å²) in [6.45, 7) is 4.81. The standard InChI is InChI=1S/C14H19N3O3/c1-3-8-17(10-13(18)16-14(15)19)9-11-4-6-12(20-2)7-5-11/h3-7H,1,8-10H2,2H3,(H3,15,16,18,19). The van der Waals surface area contributed by atoms with Crippen molar-refractivity contribution in [2.45, 2.75) is 6.54 Å². The van der Waals surface area contributed by atoms with Crippen molar-refractivity contribution in [3.8, 4) is 5.75 Å². The second-order valence-corrected chi connectivity index (χ2v) is 4.22. The lowest BCUT2D eigenvalue weighted by Gasteiger charge is -2.19. The van der Waals surface area contributed by atoms with Gasteiger partial charge < -0.3 is 10.5 Å². The quantitative estimate of drug-likeness (QED) is 0.724. The van der Waals surface area contributed by atoms with E-state index < -0.39 is 11.9 Å². The van der Waals surface area contributed by atoms with E-state index in [1.165, 1.54) is 0 Å². The molecule has 0 aliphatic rings. The van der Waals surface area contributed by atoms with Crippen LogP contribution in [-0.4, -0.2) is 37.0 Å². The number of amides is 3. The van der Waals surface area contributed by atoms with Crippen molar-refractivity contribution in [2.75, 3.05) is 20.2 Å². The number of nitrogens with two attached hydrogens (primary N) is 1. The van der Waals surface area contributed by atoms with Crippen LogP contribution in [0.1, 0.15) is 5.56 Å². The van der Waals surface area contributed by atoms with Crippen molar-refractivity contribution >= 4 is 11.9 Å². The molecule has 0 aromatic heterocycles. The molecule has 0 spiro atoms. The van der Waals surface area contributed by atoms with Gasteiger partial charge in [0.05, 0.1) is 13.7 Å². The Hall–Kier alpha value is -2.34. The number of benzene rings is 1. The minimum atomic E-state index is -0.849. The molecule has 6 nitrogen and oxygen atoms in total. The molecule has 0 aliphatic carbocycles. The van der Waals surface area contributed by atoms with Gasteiger partial charge in [0.15, 0.2) is 0 Å². The van der Waals surface area contributed by atoms with Crippen molar-refractivity contribution in [3.63, 3.8) is 0 Å². The van der Waals surface area contributed by atoms with Crippen LogP contribution in [0.4, 0.5) is 4.79 Å². The van der Waals surface area contributed by atoms with E-state index in [0.29, 0.717) is 13.1 Å². The Bertz CT molecular complexity index is 471. The number of nitrogens with zero attached hydrogens (tertiary/aromatic N) is 1. The lowest BCUT2D eigenvalue weighted by atomic mass is 10.2. The van der Waals surface area contributed by atoms with E-state index in [1.54, 1.807) is 13.2 Å². The molecule has 0 saturated carbocycles. The number of urea groups is 1. The Labute approximate surface area is 118 Å². The van der Waals surface area contributed by atoms with Crippen LogP contribution < -0.4 is 15.8 Å². The van der Waals surface area contributed by atoms with Crippen LogP contribution in [0.25, 0.3) is 0 Å². The van der Waals surface area contributed by atoms with Crippen LogP contribution in [-0.2, 0) is 11.3 Å². The highest BCUT2D eigenvalue weighted by molar-refractivity contribution is 5.94. The molecule has 0 aliphatic heterocycles. The van der Waals surface area contributed by atoms with Crippen molar-refractivity contribution < 1.29 is 14.3 Å². The molecule has 1 aromatic rings. The second-order valence-electron chi connectivity index (χ2n) is 4.22. The Morgan fingerprint density at radius 3 is 2.55 bits per heavy atom. The molecule has 0 bridgehead atoms. The summed E-state index contributed by atoms with van der Waals surface area (Å²) in [4.78, 5) is 24.0. The lowest BCUT2D eigenvalue weighted by molar-refractivity contribution is -0.121. The average molecular weight is 277 g/mol. The van der Waals surface area contributed by atoms with E-state index >= 15 is 0 Å². The largest absolute Gasteiger partial charge is 0.497 e. The first-order valence-corrected chi connectivity index (χ1v) is 6.10. The summed E-state index contributed by atoms with van der Waals surface area (Å²) in [5.41, 5.74) is 5.93. The van der Waals surface area contributed by atoms with E-state index in [0.717, 1.165) is 11.3 Å². The average Bonchev–Trinajstić information content (AvgIpc) is 2.38. The smallest absolute Gasteiger partial charge is 0.318 e. The van der Waals surface area contributed by atoms with Crippen LogP contribution in [0, 0.1) is 0 Å². The fourth-order valence-corrected chi connectivity index (χ4v) is 1.74. The SMILES string of the molecule is C=CCN(CC(=O)NC(N)=O)Cc1ccc(OC)cc1. The number of imide groups is 1. The number of carbonyl (C=O) groups is 2. The minimum Gasteiger partial charge on any atom is -0.497 e. The van der Waals surface area contributed by atoms with Gasteiger partial charge in [-0.25, -0.2) is 4.79 Å². The summed E-state index contributed by atoms with van der Waals surface area (Å²) < 4.78 is 5.08. The zero-order valence-corrected chi connectivity index (χ0v) is 11.5. The van der Waals surface area contributed by atoms with Crippen molar-refractivity contribution in [1.82, 2.24) is 10.2 Å². The molecule has 3 N–H and O–H groups in total. The van der Waals surface area contributed by atoms with Crippen LogP contribution in [0.3, 0.4) is 0 Å². The molecule has 0 radical (unpaired) electrons. The van der Waals surface area contributed by atoms with E-state index in [2.05, 4.69) is 6.58 Å². The monoisotopic (exact) mass is 277 g/mol. The molecule has 20 heavy (non-hydrogen) atoms. The third-order valence-corrected chi connectivity index (χ3v) is 2.58. The van der Waals surface area contributed by atoms with Crippen LogP contribution >= 0.6 is 0 Å². The van der Waals surface area contributed by atoms with Crippen molar-refractivity contribution in [3.05, 3.63) is 42.5 Å². The van der Waals surface area contributed by atoms with Gasteiger partial charge in [-0.1, -0.05) is 18.2 Å². The first kappa shape index (κ1) is 15.7. The first-order chi connectivity index (χ1) is 9.55. The van der Waals surface area contributed by atoms with E-state index in [-0.39, 0.29) is 6.54 Å². The number of hydrogen-bond donors (Lipinski definition) is 2. The molecular formula is C14H19N3O3. The predicted octanol–water partition coefficient (Wildman–Crippen LogP) is 0.878. The molecule has 0 heterocycles. The van der Waals surface area contributed by atoms with Gasteiger partial charge in [0.25, 0.3) is 0 Å². The summed E-state index contributed by atoms with van der Waals surface area (Å²) in [5, 5.41) is 2.04. The lowest BCUT2D eigenvalue weighted by Crippen LogP contribution is -2.42. The summed E-state index contributed by atoms with van der Waals surface area (Å²) in [7, 11) is 1.60. The third-order valence-electron chi connectivity index (χ3n) is 2.58. The van der Waals surface area contributed by atoms with Gasteiger partial charge in [0.2, 0.25) is 5.91 Å². The number of rotatable bonds is 7. The maximum absolute atomic E-state index is 11.5. The van der Waals surface area contributed by atoms with Gasteiger partial charge in [-0.3, -0.25) is 15.0 Å². The van der Waals surface area contributed by atoms with Crippen LogP contribution in [0.2, 0.25) is 0 Å². The normalized spacial score (nSPS) is 10.1. The fourth-order valence-electron chi connectivity index (χ4n) is 1.74. The van der Waals surface area contributed by atoms with E-state index in [4.69, 9.17) is 10.5 Å². The Kier molecular flexibility index (Phi) is 6.25. The summed E-state index contributed by atoms with van der Waals surface area (Å²) >= 11 is 0. The third kappa shape index (κ3) is 5.53. The molecule has 0 fully saturated rings. The molecule has 6 heteroatoms. The number of hydrogen-bond acceptors (Lipinski definition) is 4. The predicted molar refractivity (Wildman–Crippen MR) is 76.2 cm³/mol. The number of ether oxygens (including phenoxy) is 1. The minimum absolute atomic E-state index is 0.0704. The van der Waals surface area contributed by atoms with Gasteiger partial charge in [0.1, 0.15) is 5.75 Å². The summed E-state index contributed by atoms with van der Waals surface area (Å²) in [6.07, 6.45) is 1.70. The topological polar surface area (TPSA) is 84.7 Å². The van der Waals surface area contributed by atoms with Crippen molar-refractivity contribution in [1.29, 1.82) is 0 Å². The highest BCUT2D eigenvalue weighted by Crippen LogP contribution is 2.12. The second kappa shape index (κ2) is 7.96. The van der Waals surface area contributed by atoms with Gasteiger partial charge in [-0.2, -0.15) is 0 Å². The first-order valence-electron chi connectivity index (χ1n) is 6.10. The Morgan fingerprint density at radius 1 is 1.40 bits per heavy atom. The molecule has 1 rings (SSSR count). The van der Waals surface area contributed by atoms with Gasteiger partial charge in [0, 0.05) is 13.1 Å². The maximum atomic E-state index is 11.5. The molecule has 0 saturated heterocycles. The highest BCUT2D eigenvalue weighted by atomic mass is 16.5. The number of carbonyl (C=O) groups excluding carboxylic acids is 2.